The van der Waals surface area contributed by atoms with E-state index in [1.54, 1.807) is 0 Å². The highest BCUT2D eigenvalue weighted by molar-refractivity contribution is 6.68. The van der Waals surface area contributed by atoms with Gasteiger partial charge in [0.2, 0.25) is 0 Å². The van der Waals surface area contributed by atoms with Crippen LogP contribution in [0.4, 0.5) is 17.6 Å². The molecule has 0 heterocycles. The van der Waals surface area contributed by atoms with Crippen molar-refractivity contribution >= 4 is 28.4 Å². The average molecular weight is 399 g/mol. The topological polar surface area (TPSA) is 44.8 Å². The molecule has 25 heavy (non-hydrogen) atoms. The van der Waals surface area contributed by atoms with E-state index in [1.807, 2.05) is 0 Å². The minimum atomic E-state index is -4.89. The zero-order valence-corrected chi connectivity index (χ0v) is 13.8. The molecule has 0 spiro atoms. The summed E-state index contributed by atoms with van der Waals surface area (Å²) < 4.78 is 64.6. The summed E-state index contributed by atoms with van der Waals surface area (Å²) in [6, 6.07) is 4.93. The SMILES string of the molecule is COc1cc(OC(F)(F)F)ccc1Oc1cc(Cl)cc(F)c1C(=O)Cl. The number of carbonyl (C=O) groups is 1. The Morgan fingerprint density at radius 3 is 2.32 bits per heavy atom. The first-order chi connectivity index (χ1) is 11.6. The summed E-state index contributed by atoms with van der Waals surface area (Å²) in [4.78, 5) is 11.4. The van der Waals surface area contributed by atoms with Gasteiger partial charge in [-0.15, -0.1) is 13.2 Å². The summed E-state index contributed by atoms with van der Waals surface area (Å²) in [7, 11) is 1.17. The lowest BCUT2D eigenvalue weighted by Crippen LogP contribution is -2.17. The van der Waals surface area contributed by atoms with E-state index in [2.05, 4.69) is 4.74 Å². The van der Waals surface area contributed by atoms with Gasteiger partial charge in [0.15, 0.2) is 11.5 Å². The third kappa shape index (κ3) is 4.90. The van der Waals surface area contributed by atoms with Crippen molar-refractivity contribution in [2.24, 2.45) is 0 Å². The van der Waals surface area contributed by atoms with Gasteiger partial charge < -0.3 is 14.2 Å². The van der Waals surface area contributed by atoms with Gasteiger partial charge in [0.1, 0.15) is 22.9 Å². The van der Waals surface area contributed by atoms with Crippen LogP contribution in [0.5, 0.6) is 23.0 Å². The van der Waals surface area contributed by atoms with Crippen molar-refractivity contribution in [2.75, 3.05) is 7.11 Å². The molecule has 4 nitrogen and oxygen atoms in total. The van der Waals surface area contributed by atoms with E-state index >= 15 is 0 Å². The van der Waals surface area contributed by atoms with Gasteiger partial charge in [-0.3, -0.25) is 4.79 Å². The van der Waals surface area contributed by atoms with Crippen molar-refractivity contribution in [1.29, 1.82) is 0 Å². The molecule has 0 radical (unpaired) electrons. The summed E-state index contributed by atoms with van der Waals surface area (Å²) in [5.41, 5.74) is -0.580. The van der Waals surface area contributed by atoms with Crippen LogP contribution in [-0.2, 0) is 0 Å². The highest BCUT2D eigenvalue weighted by Gasteiger charge is 2.31. The van der Waals surface area contributed by atoms with E-state index < -0.39 is 28.7 Å². The van der Waals surface area contributed by atoms with Crippen LogP contribution < -0.4 is 14.2 Å². The summed E-state index contributed by atoms with van der Waals surface area (Å²) in [6.07, 6.45) is -4.89. The summed E-state index contributed by atoms with van der Waals surface area (Å²) >= 11 is 11.0. The van der Waals surface area contributed by atoms with Gasteiger partial charge in [0, 0.05) is 17.2 Å². The molecule has 0 atom stereocenters. The Labute approximate surface area is 148 Å². The first kappa shape index (κ1) is 19.1. The molecular weight excluding hydrogens is 391 g/mol. The van der Waals surface area contributed by atoms with Crippen LogP contribution in [0, 0.1) is 5.82 Å². The highest BCUT2D eigenvalue weighted by Crippen LogP contribution is 2.39. The molecular formula is C15H8Cl2F4O4. The number of alkyl halides is 3. The standard InChI is InChI=1S/C15H8Cl2F4O4/c1-23-11-6-8(25-15(19,20)21)2-3-10(11)24-12-5-7(16)4-9(18)13(12)14(17)22/h2-6H,1H3. The minimum absolute atomic E-state index is 0.0786. The molecule has 2 rings (SSSR count). The molecule has 0 aliphatic heterocycles. The number of halogens is 6. The van der Waals surface area contributed by atoms with Gasteiger partial charge in [-0.05, 0) is 29.8 Å². The van der Waals surface area contributed by atoms with E-state index in [9.17, 15) is 22.4 Å². The smallest absolute Gasteiger partial charge is 0.493 e. The van der Waals surface area contributed by atoms with Crippen LogP contribution in [0.3, 0.4) is 0 Å². The Kier molecular flexibility index (Phi) is 5.64. The Hall–Kier alpha value is -2.19. The van der Waals surface area contributed by atoms with Crippen molar-refractivity contribution < 1.29 is 36.6 Å². The van der Waals surface area contributed by atoms with E-state index in [0.29, 0.717) is 0 Å². The lowest BCUT2D eigenvalue weighted by atomic mass is 10.2. The maximum Gasteiger partial charge on any atom is 0.573 e. The maximum absolute atomic E-state index is 13.9. The zero-order valence-electron chi connectivity index (χ0n) is 12.3. The van der Waals surface area contributed by atoms with Crippen molar-refractivity contribution in [3.63, 3.8) is 0 Å². The van der Waals surface area contributed by atoms with Crippen LogP contribution in [-0.4, -0.2) is 18.7 Å². The molecule has 0 saturated carbocycles. The number of benzene rings is 2. The number of methoxy groups -OCH3 is 1. The lowest BCUT2D eigenvalue weighted by molar-refractivity contribution is -0.274. The molecule has 10 heteroatoms. The zero-order chi connectivity index (χ0) is 18.8. The fourth-order valence-corrected chi connectivity index (χ4v) is 2.25. The molecule has 134 valence electrons. The molecule has 0 bridgehead atoms. The summed E-state index contributed by atoms with van der Waals surface area (Å²) in [5.74, 6) is -2.16. The average Bonchev–Trinajstić information content (AvgIpc) is 2.46. The van der Waals surface area contributed by atoms with Gasteiger partial charge >= 0.3 is 6.36 Å². The van der Waals surface area contributed by atoms with Crippen molar-refractivity contribution in [2.45, 2.75) is 6.36 Å². The van der Waals surface area contributed by atoms with Crippen LogP contribution in [0.15, 0.2) is 30.3 Å². The Morgan fingerprint density at radius 2 is 1.76 bits per heavy atom. The fourth-order valence-electron chi connectivity index (χ4n) is 1.87. The van der Waals surface area contributed by atoms with Gasteiger partial charge in [-0.1, -0.05) is 11.6 Å². The number of carbonyl (C=O) groups excluding carboxylic acids is 1. The van der Waals surface area contributed by atoms with Gasteiger partial charge in [-0.2, -0.15) is 0 Å². The second-order valence-corrected chi connectivity index (χ2v) is 5.28. The van der Waals surface area contributed by atoms with Gasteiger partial charge in [-0.25, -0.2) is 4.39 Å². The molecule has 0 aromatic heterocycles. The quantitative estimate of drug-likeness (QED) is 0.488. The monoisotopic (exact) mass is 398 g/mol. The Bertz CT molecular complexity index is 809. The van der Waals surface area contributed by atoms with Gasteiger partial charge in [0.05, 0.1) is 7.11 Å². The van der Waals surface area contributed by atoms with Crippen molar-refractivity contribution in [3.05, 3.63) is 46.7 Å². The van der Waals surface area contributed by atoms with Crippen LogP contribution in [0.1, 0.15) is 10.4 Å². The molecule has 0 aliphatic rings. The molecule has 2 aromatic rings. The molecule has 2 aromatic carbocycles. The number of ether oxygens (including phenoxy) is 3. The second kappa shape index (κ2) is 7.37. The third-order valence-electron chi connectivity index (χ3n) is 2.80. The number of rotatable bonds is 5. The minimum Gasteiger partial charge on any atom is -0.493 e. The Morgan fingerprint density at radius 1 is 1.08 bits per heavy atom. The van der Waals surface area contributed by atoms with E-state index in [4.69, 9.17) is 32.7 Å². The normalized spacial score (nSPS) is 11.2. The van der Waals surface area contributed by atoms with Crippen molar-refractivity contribution in [3.8, 4) is 23.0 Å². The number of hydrogen-bond donors (Lipinski definition) is 0. The first-order valence-corrected chi connectivity index (χ1v) is 7.17. The maximum atomic E-state index is 13.9. The molecule has 0 amide bonds. The predicted octanol–water partition coefficient (Wildman–Crippen LogP) is 5.56. The molecule has 0 unspecified atom stereocenters. The van der Waals surface area contributed by atoms with E-state index in [-0.39, 0.29) is 22.3 Å². The predicted molar refractivity (Wildman–Crippen MR) is 81.3 cm³/mol. The fraction of sp³-hybridized carbons (Fsp3) is 0.133. The molecule has 0 N–H and O–H groups in total. The Balaban J connectivity index is 2.42. The third-order valence-corrected chi connectivity index (χ3v) is 3.21. The molecule has 0 aliphatic carbocycles. The highest BCUT2D eigenvalue weighted by atomic mass is 35.5. The van der Waals surface area contributed by atoms with Crippen LogP contribution >= 0.6 is 23.2 Å². The molecule has 0 fully saturated rings. The largest absolute Gasteiger partial charge is 0.573 e. The summed E-state index contributed by atoms with van der Waals surface area (Å²) in [6.45, 7) is 0. The van der Waals surface area contributed by atoms with Crippen LogP contribution in [0.25, 0.3) is 0 Å². The van der Waals surface area contributed by atoms with Crippen LogP contribution in [0.2, 0.25) is 5.02 Å². The first-order valence-electron chi connectivity index (χ1n) is 6.41. The number of hydrogen-bond acceptors (Lipinski definition) is 4. The summed E-state index contributed by atoms with van der Waals surface area (Å²) in [5, 5.41) is -1.22. The second-order valence-electron chi connectivity index (χ2n) is 4.50. The van der Waals surface area contributed by atoms with E-state index in [1.165, 1.54) is 7.11 Å². The molecule has 0 saturated heterocycles. The van der Waals surface area contributed by atoms with Crippen molar-refractivity contribution in [1.82, 2.24) is 0 Å². The van der Waals surface area contributed by atoms with Gasteiger partial charge in [0.25, 0.3) is 5.24 Å². The lowest BCUT2D eigenvalue weighted by Gasteiger charge is -2.15. The van der Waals surface area contributed by atoms with E-state index in [0.717, 1.165) is 30.3 Å².